The Kier molecular flexibility index (Phi) is 6.70. The number of thioether (sulfide) groups is 1. The lowest BCUT2D eigenvalue weighted by atomic mass is 10.0. The van der Waals surface area contributed by atoms with Gasteiger partial charge in [0.05, 0.1) is 0 Å². The van der Waals surface area contributed by atoms with E-state index in [0.717, 1.165) is 5.25 Å². The van der Waals surface area contributed by atoms with Crippen LogP contribution in [0.4, 0.5) is 0 Å². The van der Waals surface area contributed by atoms with E-state index in [4.69, 9.17) is 5.73 Å². The van der Waals surface area contributed by atoms with Gasteiger partial charge in [-0.2, -0.15) is 11.8 Å². The molecule has 1 fully saturated rings. The van der Waals surface area contributed by atoms with Crippen LogP contribution < -0.4 is 5.73 Å². The smallest absolute Gasteiger partial charge is 0.0199 e. The first-order valence-corrected chi connectivity index (χ1v) is 7.26. The molecule has 2 N–H and O–H groups in total. The van der Waals surface area contributed by atoms with Gasteiger partial charge in [0.25, 0.3) is 0 Å². The number of nitrogens with two attached hydrogens (primary N) is 1. The first-order valence-electron chi connectivity index (χ1n) is 6.21. The largest absolute Gasteiger partial charge is 0.327 e. The average molecular weight is 215 g/mol. The van der Waals surface area contributed by atoms with Crippen LogP contribution in [0.3, 0.4) is 0 Å². The number of unbranched alkanes of at least 4 members (excludes halogenated alkanes) is 3. The molecule has 2 heteroatoms. The molecular weight excluding hydrogens is 190 g/mol. The standard InChI is InChI=1S/C12H25NS/c1-2-3-4-5-8-11(13)12-9-6-7-10-14-12/h11-12H,2-10,13H2,1H3. The maximum absolute atomic E-state index is 6.21. The zero-order valence-corrected chi connectivity index (χ0v) is 10.3. The van der Waals surface area contributed by atoms with E-state index in [1.807, 2.05) is 0 Å². The molecule has 14 heavy (non-hydrogen) atoms. The second-order valence-electron chi connectivity index (χ2n) is 4.42. The Morgan fingerprint density at radius 3 is 2.79 bits per heavy atom. The molecule has 2 atom stereocenters. The molecule has 1 aliphatic heterocycles. The van der Waals surface area contributed by atoms with Crippen molar-refractivity contribution in [2.45, 2.75) is 69.6 Å². The first kappa shape index (κ1) is 12.4. The molecule has 0 spiro atoms. The van der Waals surface area contributed by atoms with Crippen LogP contribution in [0.2, 0.25) is 0 Å². The zero-order valence-electron chi connectivity index (χ0n) is 9.50. The van der Waals surface area contributed by atoms with Crippen molar-refractivity contribution in [3.63, 3.8) is 0 Å². The quantitative estimate of drug-likeness (QED) is 0.686. The molecule has 0 aliphatic carbocycles. The summed E-state index contributed by atoms with van der Waals surface area (Å²) >= 11 is 2.11. The topological polar surface area (TPSA) is 26.0 Å². The molecule has 1 rings (SSSR count). The lowest BCUT2D eigenvalue weighted by molar-refractivity contribution is 0.501. The summed E-state index contributed by atoms with van der Waals surface area (Å²) in [6.07, 6.45) is 10.8. The highest BCUT2D eigenvalue weighted by atomic mass is 32.2. The van der Waals surface area contributed by atoms with Gasteiger partial charge in [0.1, 0.15) is 0 Å². The van der Waals surface area contributed by atoms with Crippen LogP contribution in [0.15, 0.2) is 0 Å². The summed E-state index contributed by atoms with van der Waals surface area (Å²) in [7, 11) is 0. The Bertz CT molecular complexity index is 132. The third-order valence-corrected chi connectivity index (χ3v) is 4.62. The molecule has 0 aromatic carbocycles. The second-order valence-corrected chi connectivity index (χ2v) is 5.77. The van der Waals surface area contributed by atoms with Crippen molar-refractivity contribution >= 4 is 11.8 Å². The minimum absolute atomic E-state index is 0.470. The second kappa shape index (κ2) is 7.58. The minimum atomic E-state index is 0.470. The SMILES string of the molecule is CCCCCCC(N)C1CCCCS1. The molecule has 0 aromatic rings. The van der Waals surface area contributed by atoms with E-state index in [9.17, 15) is 0 Å². The summed E-state index contributed by atoms with van der Waals surface area (Å²) in [5.41, 5.74) is 6.21. The van der Waals surface area contributed by atoms with Crippen LogP contribution in [0.25, 0.3) is 0 Å². The maximum atomic E-state index is 6.21. The Hall–Kier alpha value is 0.310. The molecule has 1 nitrogen and oxygen atoms in total. The lowest BCUT2D eigenvalue weighted by Crippen LogP contribution is -2.34. The van der Waals surface area contributed by atoms with Crippen molar-refractivity contribution in [2.24, 2.45) is 5.73 Å². The predicted molar refractivity (Wildman–Crippen MR) is 66.8 cm³/mol. The van der Waals surface area contributed by atoms with Gasteiger partial charge >= 0.3 is 0 Å². The fourth-order valence-electron chi connectivity index (χ4n) is 2.10. The van der Waals surface area contributed by atoms with Crippen molar-refractivity contribution in [1.29, 1.82) is 0 Å². The molecule has 0 bridgehead atoms. The maximum Gasteiger partial charge on any atom is 0.0199 e. The summed E-state index contributed by atoms with van der Waals surface area (Å²) in [5.74, 6) is 1.34. The van der Waals surface area contributed by atoms with E-state index >= 15 is 0 Å². The van der Waals surface area contributed by atoms with Crippen LogP contribution >= 0.6 is 11.8 Å². The van der Waals surface area contributed by atoms with E-state index < -0.39 is 0 Å². The fraction of sp³-hybridized carbons (Fsp3) is 1.00. The molecule has 0 saturated carbocycles. The Balaban J connectivity index is 2.04. The van der Waals surface area contributed by atoms with Crippen LogP contribution in [0.5, 0.6) is 0 Å². The van der Waals surface area contributed by atoms with E-state index in [1.54, 1.807) is 0 Å². The van der Waals surface area contributed by atoms with Crippen LogP contribution in [-0.4, -0.2) is 17.0 Å². The van der Waals surface area contributed by atoms with Gasteiger partial charge in [-0.05, 0) is 25.0 Å². The number of hydrogen-bond donors (Lipinski definition) is 1. The number of hydrogen-bond acceptors (Lipinski definition) is 2. The van der Waals surface area contributed by atoms with Gasteiger partial charge in [0.2, 0.25) is 0 Å². The molecule has 1 saturated heterocycles. The molecule has 0 amide bonds. The van der Waals surface area contributed by atoms with E-state index in [-0.39, 0.29) is 0 Å². The van der Waals surface area contributed by atoms with Crippen LogP contribution in [0.1, 0.15) is 58.3 Å². The third-order valence-electron chi connectivity index (χ3n) is 3.08. The zero-order chi connectivity index (χ0) is 10.2. The van der Waals surface area contributed by atoms with Crippen molar-refractivity contribution < 1.29 is 0 Å². The molecule has 1 heterocycles. The minimum Gasteiger partial charge on any atom is -0.327 e. The highest BCUT2D eigenvalue weighted by Crippen LogP contribution is 2.28. The molecule has 0 radical (unpaired) electrons. The Morgan fingerprint density at radius 2 is 2.14 bits per heavy atom. The molecule has 84 valence electrons. The fourth-order valence-corrected chi connectivity index (χ4v) is 3.49. The predicted octanol–water partition coefficient (Wildman–Crippen LogP) is 3.57. The summed E-state index contributed by atoms with van der Waals surface area (Å²) in [5, 5.41) is 0.769. The van der Waals surface area contributed by atoms with Crippen molar-refractivity contribution in [1.82, 2.24) is 0 Å². The highest BCUT2D eigenvalue weighted by Gasteiger charge is 2.20. The Morgan fingerprint density at radius 1 is 1.29 bits per heavy atom. The molecule has 2 unspecified atom stereocenters. The third kappa shape index (κ3) is 4.70. The Labute approximate surface area is 93.2 Å². The summed E-state index contributed by atoms with van der Waals surface area (Å²) in [4.78, 5) is 0. The van der Waals surface area contributed by atoms with Crippen molar-refractivity contribution in [2.75, 3.05) is 5.75 Å². The van der Waals surface area contributed by atoms with Gasteiger partial charge in [-0.3, -0.25) is 0 Å². The monoisotopic (exact) mass is 215 g/mol. The van der Waals surface area contributed by atoms with Gasteiger partial charge in [0.15, 0.2) is 0 Å². The van der Waals surface area contributed by atoms with Gasteiger partial charge in [-0.1, -0.05) is 39.0 Å². The summed E-state index contributed by atoms with van der Waals surface area (Å²) < 4.78 is 0. The molecular formula is C12H25NS. The van der Waals surface area contributed by atoms with Gasteiger partial charge in [-0.15, -0.1) is 0 Å². The lowest BCUT2D eigenvalue weighted by Gasteiger charge is -2.26. The van der Waals surface area contributed by atoms with E-state index in [2.05, 4.69) is 18.7 Å². The van der Waals surface area contributed by atoms with Crippen LogP contribution in [0, 0.1) is 0 Å². The van der Waals surface area contributed by atoms with Crippen molar-refractivity contribution in [3.05, 3.63) is 0 Å². The van der Waals surface area contributed by atoms with Gasteiger partial charge in [-0.25, -0.2) is 0 Å². The first-order chi connectivity index (χ1) is 6.84. The normalized spacial score (nSPS) is 24.9. The number of rotatable bonds is 6. The van der Waals surface area contributed by atoms with Crippen LogP contribution in [-0.2, 0) is 0 Å². The summed E-state index contributed by atoms with van der Waals surface area (Å²) in [6.45, 7) is 2.26. The van der Waals surface area contributed by atoms with E-state index in [1.165, 1.54) is 57.1 Å². The average Bonchev–Trinajstić information content (AvgIpc) is 2.25. The van der Waals surface area contributed by atoms with E-state index in [0.29, 0.717) is 6.04 Å². The highest BCUT2D eigenvalue weighted by molar-refractivity contribution is 8.00. The van der Waals surface area contributed by atoms with Crippen molar-refractivity contribution in [3.8, 4) is 0 Å². The van der Waals surface area contributed by atoms with Gasteiger partial charge in [0, 0.05) is 11.3 Å². The molecule has 1 aliphatic rings. The molecule has 0 aromatic heterocycles. The van der Waals surface area contributed by atoms with Gasteiger partial charge < -0.3 is 5.73 Å². The summed E-state index contributed by atoms with van der Waals surface area (Å²) in [6, 6.07) is 0.470.